The smallest absolute Gasteiger partial charge is 0.221 e. The van der Waals surface area contributed by atoms with Gasteiger partial charge < -0.3 is 10.2 Å². The van der Waals surface area contributed by atoms with Crippen molar-refractivity contribution >= 4 is 22.6 Å². The quantitative estimate of drug-likeness (QED) is 0.346. The van der Waals surface area contributed by atoms with E-state index in [0.717, 1.165) is 52.1 Å². The molecule has 0 fully saturated rings. The molecule has 5 aromatic rings. The minimum absolute atomic E-state index is 0.163. The van der Waals surface area contributed by atoms with Crippen LogP contribution in [0.4, 0.5) is 10.1 Å². The molecule has 0 aliphatic rings. The second-order valence-corrected chi connectivity index (χ2v) is 9.07. The van der Waals surface area contributed by atoms with Crippen LogP contribution in [-0.4, -0.2) is 50.8 Å². The molecule has 182 valence electrons. The summed E-state index contributed by atoms with van der Waals surface area (Å²) in [5.74, 6) is -0.458. The molecule has 7 nitrogen and oxygen atoms in total. The molecular weight excluding hydrogens is 455 g/mol. The second-order valence-electron chi connectivity index (χ2n) is 9.07. The highest BCUT2D eigenvalue weighted by Gasteiger charge is 2.12. The molecule has 36 heavy (non-hydrogen) atoms. The van der Waals surface area contributed by atoms with Crippen molar-refractivity contribution in [2.75, 3.05) is 26.0 Å². The van der Waals surface area contributed by atoms with Gasteiger partial charge >= 0.3 is 0 Å². The van der Waals surface area contributed by atoms with Crippen molar-refractivity contribution in [1.29, 1.82) is 0 Å². The lowest BCUT2D eigenvalue weighted by molar-refractivity contribution is -0.114. The third-order valence-electron chi connectivity index (χ3n) is 5.98. The number of likely N-dealkylation sites (N-methyl/N-ethyl adjacent to an activating group) is 1. The van der Waals surface area contributed by atoms with Gasteiger partial charge in [0.1, 0.15) is 12.1 Å². The number of nitrogens with zero attached hydrogens (tertiary/aromatic N) is 5. The molecule has 0 aliphatic carbocycles. The molecule has 8 heteroatoms. The fraction of sp³-hybridized carbons (Fsp3) is 0.179. The van der Waals surface area contributed by atoms with Crippen LogP contribution >= 0.6 is 0 Å². The van der Waals surface area contributed by atoms with Crippen molar-refractivity contribution < 1.29 is 9.18 Å². The number of anilines is 1. The molecule has 0 saturated heterocycles. The van der Waals surface area contributed by atoms with Crippen LogP contribution in [0.25, 0.3) is 39.0 Å². The summed E-state index contributed by atoms with van der Waals surface area (Å²) in [5.41, 5.74) is 7.07. The van der Waals surface area contributed by atoms with E-state index in [2.05, 4.69) is 32.4 Å². The number of imidazole rings is 1. The summed E-state index contributed by atoms with van der Waals surface area (Å²) in [7, 11) is 4.09. The van der Waals surface area contributed by atoms with E-state index in [0.29, 0.717) is 5.69 Å². The van der Waals surface area contributed by atoms with E-state index >= 15 is 0 Å². The van der Waals surface area contributed by atoms with Crippen LogP contribution in [0.5, 0.6) is 0 Å². The Morgan fingerprint density at radius 2 is 1.75 bits per heavy atom. The highest BCUT2D eigenvalue weighted by molar-refractivity contribution is 5.91. The lowest BCUT2D eigenvalue weighted by atomic mass is 10.0. The molecule has 2 aromatic heterocycles. The fourth-order valence-corrected chi connectivity index (χ4v) is 4.17. The van der Waals surface area contributed by atoms with Crippen LogP contribution in [0.15, 0.2) is 79.4 Å². The maximum absolute atomic E-state index is 13.5. The van der Waals surface area contributed by atoms with Gasteiger partial charge in [-0.1, -0.05) is 18.2 Å². The topological polar surface area (TPSA) is 68.0 Å². The van der Waals surface area contributed by atoms with E-state index in [-0.39, 0.29) is 11.7 Å². The molecule has 3 aromatic carbocycles. The van der Waals surface area contributed by atoms with Gasteiger partial charge in [-0.15, -0.1) is 0 Å². The number of rotatable bonds is 7. The number of carbonyl (C=O) groups excluding carboxylic acids is 1. The van der Waals surface area contributed by atoms with Gasteiger partial charge in [0.2, 0.25) is 5.91 Å². The summed E-state index contributed by atoms with van der Waals surface area (Å²) < 4.78 is 17.4. The molecular formula is C28H27FN6O. The summed E-state index contributed by atoms with van der Waals surface area (Å²) in [6.07, 6.45) is 5.70. The summed E-state index contributed by atoms with van der Waals surface area (Å²) in [6.45, 7) is 3.22. The molecule has 0 bridgehead atoms. The zero-order valence-electron chi connectivity index (χ0n) is 20.4. The Hall–Kier alpha value is -4.30. The predicted molar refractivity (Wildman–Crippen MR) is 141 cm³/mol. The minimum atomic E-state index is -0.295. The number of benzene rings is 3. The monoisotopic (exact) mass is 482 g/mol. The van der Waals surface area contributed by atoms with Gasteiger partial charge in [-0.05, 0) is 73.3 Å². The first-order chi connectivity index (χ1) is 17.4. The van der Waals surface area contributed by atoms with E-state index in [9.17, 15) is 9.18 Å². The maximum Gasteiger partial charge on any atom is 0.221 e. The van der Waals surface area contributed by atoms with Gasteiger partial charge in [0.15, 0.2) is 0 Å². The molecule has 0 aliphatic heterocycles. The Morgan fingerprint density at radius 1 is 0.972 bits per heavy atom. The maximum atomic E-state index is 13.5. The molecule has 1 amide bonds. The number of amides is 1. The highest BCUT2D eigenvalue weighted by atomic mass is 19.1. The van der Waals surface area contributed by atoms with Gasteiger partial charge in [0.05, 0.1) is 23.8 Å². The standard InChI is InChI=1S/C28H27FN6O/c1-19(36)32-25-12-22(20-4-7-24(29)8-5-20)13-26(15-25)35-18-30-27-14-21(6-9-28(27)35)23-16-31-34(17-23)11-10-33(2)3/h4-9,12-18H,10-11H2,1-3H3,(H,32,36). The van der Waals surface area contributed by atoms with Crippen molar-refractivity contribution in [3.8, 4) is 27.9 Å². The molecule has 0 radical (unpaired) electrons. The fourth-order valence-electron chi connectivity index (χ4n) is 4.17. The predicted octanol–water partition coefficient (Wildman–Crippen LogP) is 5.22. The lowest BCUT2D eigenvalue weighted by Gasteiger charge is -2.12. The number of fused-ring (bicyclic) bond motifs is 1. The molecule has 0 saturated carbocycles. The first-order valence-electron chi connectivity index (χ1n) is 11.7. The van der Waals surface area contributed by atoms with Crippen LogP contribution in [0, 0.1) is 5.82 Å². The average Bonchev–Trinajstić information content (AvgIpc) is 3.49. The Labute approximate surface area is 208 Å². The summed E-state index contributed by atoms with van der Waals surface area (Å²) in [4.78, 5) is 18.5. The van der Waals surface area contributed by atoms with Crippen LogP contribution in [0.2, 0.25) is 0 Å². The van der Waals surface area contributed by atoms with Crippen LogP contribution < -0.4 is 5.32 Å². The Balaban J connectivity index is 1.51. The van der Waals surface area contributed by atoms with E-state index in [1.165, 1.54) is 19.1 Å². The minimum Gasteiger partial charge on any atom is -0.326 e. The number of aromatic nitrogens is 4. The van der Waals surface area contributed by atoms with E-state index < -0.39 is 0 Å². The van der Waals surface area contributed by atoms with E-state index in [1.807, 2.05) is 60.0 Å². The highest BCUT2D eigenvalue weighted by Crippen LogP contribution is 2.30. The SMILES string of the molecule is CC(=O)Nc1cc(-c2ccc(F)cc2)cc(-n2cnc3cc(-c4cnn(CCN(C)C)c4)ccc32)c1. The number of hydrogen-bond donors (Lipinski definition) is 1. The Bertz CT molecular complexity index is 1530. The third kappa shape index (κ3) is 5.04. The number of hydrogen-bond acceptors (Lipinski definition) is 4. The van der Waals surface area contributed by atoms with Crippen LogP contribution in [-0.2, 0) is 11.3 Å². The van der Waals surface area contributed by atoms with Gasteiger partial charge in [-0.2, -0.15) is 5.10 Å². The number of nitrogens with one attached hydrogen (secondary N) is 1. The lowest BCUT2D eigenvalue weighted by Crippen LogP contribution is -2.18. The largest absolute Gasteiger partial charge is 0.326 e. The van der Waals surface area contributed by atoms with Gasteiger partial charge in [0.25, 0.3) is 0 Å². The van der Waals surface area contributed by atoms with Gasteiger partial charge in [-0.3, -0.25) is 14.0 Å². The summed E-state index contributed by atoms with van der Waals surface area (Å²) >= 11 is 0. The number of halogens is 1. The Morgan fingerprint density at radius 3 is 2.50 bits per heavy atom. The zero-order chi connectivity index (χ0) is 25.2. The van der Waals surface area contributed by atoms with E-state index in [4.69, 9.17) is 0 Å². The van der Waals surface area contributed by atoms with Crippen LogP contribution in [0.3, 0.4) is 0 Å². The molecule has 0 unspecified atom stereocenters. The third-order valence-corrected chi connectivity index (χ3v) is 5.98. The molecule has 0 atom stereocenters. The van der Waals surface area contributed by atoms with Crippen molar-refractivity contribution in [1.82, 2.24) is 24.2 Å². The zero-order valence-corrected chi connectivity index (χ0v) is 20.4. The molecule has 2 heterocycles. The van der Waals surface area contributed by atoms with Crippen LogP contribution in [0.1, 0.15) is 6.92 Å². The van der Waals surface area contributed by atoms with Crippen molar-refractivity contribution in [3.05, 3.63) is 85.2 Å². The molecule has 1 N–H and O–H groups in total. The van der Waals surface area contributed by atoms with Crippen molar-refractivity contribution in [2.24, 2.45) is 0 Å². The first kappa shape index (κ1) is 23.4. The molecule has 0 spiro atoms. The van der Waals surface area contributed by atoms with Crippen molar-refractivity contribution in [2.45, 2.75) is 13.5 Å². The van der Waals surface area contributed by atoms with Crippen molar-refractivity contribution in [3.63, 3.8) is 0 Å². The number of carbonyl (C=O) groups is 1. The second kappa shape index (κ2) is 9.75. The average molecular weight is 483 g/mol. The van der Waals surface area contributed by atoms with E-state index in [1.54, 1.807) is 18.5 Å². The van der Waals surface area contributed by atoms with Gasteiger partial charge in [0, 0.05) is 36.6 Å². The molecule has 5 rings (SSSR count). The first-order valence-corrected chi connectivity index (χ1v) is 11.7. The normalized spacial score (nSPS) is 11.4. The summed E-state index contributed by atoms with van der Waals surface area (Å²) in [6, 6.07) is 18.2. The summed E-state index contributed by atoms with van der Waals surface area (Å²) in [5, 5.41) is 7.35. The Kier molecular flexibility index (Phi) is 6.35. The van der Waals surface area contributed by atoms with Gasteiger partial charge in [-0.25, -0.2) is 9.37 Å².